The van der Waals surface area contributed by atoms with Gasteiger partial charge in [-0.2, -0.15) is 5.26 Å². The lowest BCUT2D eigenvalue weighted by atomic mass is 10.2. The van der Waals surface area contributed by atoms with Crippen LogP contribution in [0, 0.1) is 11.3 Å². The molecule has 1 aromatic carbocycles. The van der Waals surface area contributed by atoms with Crippen LogP contribution in [0.3, 0.4) is 0 Å². The van der Waals surface area contributed by atoms with Crippen molar-refractivity contribution in [1.29, 1.82) is 5.26 Å². The summed E-state index contributed by atoms with van der Waals surface area (Å²) in [5.74, 6) is 0.00350. The largest absolute Gasteiger partial charge is 0.477 e. The highest BCUT2D eigenvalue weighted by atomic mass is 35.5. The molecule has 1 heterocycles. The van der Waals surface area contributed by atoms with Crippen molar-refractivity contribution in [2.75, 3.05) is 11.9 Å². The van der Waals surface area contributed by atoms with Crippen LogP contribution in [0.5, 0.6) is 5.75 Å². The average Bonchev–Trinajstić information content (AvgIpc) is 2.84. The molecule has 0 atom stereocenters. The van der Waals surface area contributed by atoms with Gasteiger partial charge in [0.25, 0.3) is 5.91 Å². The smallest absolute Gasteiger partial charge is 0.260 e. The topological polar surface area (TPSA) is 75.3 Å². The van der Waals surface area contributed by atoms with Crippen LogP contribution < -0.4 is 10.1 Å². The van der Waals surface area contributed by atoms with E-state index in [2.05, 4.69) is 5.32 Å². The molecule has 6 heteroatoms. The molecule has 0 fully saturated rings. The number of anilines is 1. The number of furan rings is 1. The van der Waals surface area contributed by atoms with Crippen LogP contribution in [0.25, 0.3) is 0 Å². The lowest BCUT2D eigenvalue weighted by Gasteiger charge is -2.09. The van der Waals surface area contributed by atoms with Gasteiger partial charge in [-0.05, 0) is 29.8 Å². The Kier molecular flexibility index (Phi) is 4.06. The Morgan fingerprint density at radius 3 is 2.89 bits per heavy atom. The molecule has 1 amide bonds. The zero-order chi connectivity index (χ0) is 13.7. The van der Waals surface area contributed by atoms with Crippen molar-refractivity contribution < 1.29 is 13.9 Å². The van der Waals surface area contributed by atoms with Crippen molar-refractivity contribution >= 4 is 23.2 Å². The van der Waals surface area contributed by atoms with E-state index in [4.69, 9.17) is 26.0 Å². The van der Waals surface area contributed by atoms with Gasteiger partial charge in [0.05, 0.1) is 17.5 Å². The number of para-hydroxylation sites is 2. The van der Waals surface area contributed by atoms with E-state index < -0.39 is 5.91 Å². The molecule has 0 aliphatic rings. The number of rotatable bonds is 4. The number of halogens is 1. The normalized spacial score (nSPS) is 9.68. The Bertz CT molecular complexity index is 631. The molecule has 0 aliphatic carbocycles. The molecule has 0 aliphatic heterocycles. The number of ether oxygens (including phenoxy) is 1. The summed E-state index contributed by atoms with van der Waals surface area (Å²) in [5.41, 5.74) is 0.691. The van der Waals surface area contributed by atoms with E-state index in [0.29, 0.717) is 11.4 Å². The molecule has 19 heavy (non-hydrogen) atoms. The summed E-state index contributed by atoms with van der Waals surface area (Å²) in [6, 6.07) is 10.1. The first-order valence-corrected chi connectivity index (χ1v) is 5.73. The predicted molar refractivity (Wildman–Crippen MR) is 69.2 cm³/mol. The van der Waals surface area contributed by atoms with Gasteiger partial charge in [-0.25, -0.2) is 0 Å². The van der Waals surface area contributed by atoms with Gasteiger partial charge >= 0.3 is 0 Å². The van der Waals surface area contributed by atoms with Crippen molar-refractivity contribution in [2.45, 2.75) is 0 Å². The molecule has 0 spiro atoms. The maximum Gasteiger partial charge on any atom is 0.260 e. The minimum absolute atomic E-state index is 0.0212. The van der Waals surface area contributed by atoms with Gasteiger partial charge in [-0.15, -0.1) is 0 Å². The number of nitrogens with zero attached hydrogens (tertiary/aromatic N) is 1. The van der Waals surface area contributed by atoms with Crippen molar-refractivity contribution in [3.05, 3.63) is 47.4 Å². The molecular formula is C13H9ClN2O3. The average molecular weight is 277 g/mol. The first-order valence-electron chi connectivity index (χ1n) is 5.35. The van der Waals surface area contributed by atoms with Gasteiger partial charge < -0.3 is 14.5 Å². The maximum atomic E-state index is 11.9. The standard InChI is InChI=1S/C13H9ClN2O3/c14-12-9(5-7-19-12)13(17)16-10-3-1-2-4-11(10)18-8-6-15/h1-5,7H,8H2,(H,16,17). The van der Waals surface area contributed by atoms with Crippen molar-refractivity contribution in [3.8, 4) is 11.8 Å². The summed E-state index contributed by atoms with van der Waals surface area (Å²) in [5, 5.41) is 11.2. The maximum absolute atomic E-state index is 11.9. The summed E-state index contributed by atoms with van der Waals surface area (Å²) in [6.45, 7) is -0.0979. The molecule has 1 aromatic heterocycles. The fourth-order valence-electron chi connectivity index (χ4n) is 1.45. The van der Waals surface area contributed by atoms with E-state index >= 15 is 0 Å². The molecule has 0 bridgehead atoms. The number of nitriles is 1. The number of carbonyl (C=O) groups excluding carboxylic acids is 1. The van der Waals surface area contributed by atoms with Gasteiger partial charge in [-0.3, -0.25) is 4.79 Å². The summed E-state index contributed by atoms with van der Waals surface area (Å²) in [4.78, 5) is 11.9. The minimum atomic E-state index is -0.410. The van der Waals surface area contributed by atoms with E-state index in [1.807, 2.05) is 6.07 Å². The van der Waals surface area contributed by atoms with Crippen molar-refractivity contribution in [1.82, 2.24) is 0 Å². The Morgan fingerprint density at radius 2 is 2.21 bits per heavy atom. The lowest BCUT2D eigenvalue weighted by Crippen LogP contribution is -2.12. The number of hydrogen-bond donors (Lipinski definition) is 1. The third kappa shape index (κ3) is 3.06. The highest BCUT2D eigenvalue weighted by molar-refractivity contribution is 6.32. The SMILES string of the molecule is N#CCOc1ccccc1NC(=O)c1ccoc1Cl. The van der Waals surface area contributed by atoms with Crippen LogP contribution in [-0.4, -0.2) is 12.5 Å². The molecule has 0 saturated carbocycles. The fourth-order valence-corrected chi connectivity index (χ4v) is 1.65. The van der Waals surface area contributed by atoms with Gasteiger partial charge in [0.1, 0.15) is 11.8 Å². The molecular weight excluding hydrogens is 268 g/mol. The fraction of sp³-hybridized carbons (Fsp3) is 0.0769. The van der Waals surface area contributed by atoms with Gasteiger partial charge in [0.2, 0.25) is 5.22 Å². The Labute approximate surface area is 114 Å². The zero-order valence-corrected chi connectivity index (χ0v) is 10.5. The van der Waals surface area contributed by atoms with Crippen LogP contribution in [0.2, 0.25) is 5.22 Å². The molecule has 1 N–H and O–H groups in total. The molecule has 96 valence electrons. The van der Waals surface area contributed by atoms with E-state index in [1.165, 1.54) is 12.3 Å². The second-order valence-corrected chi connectivity index (χ2v) is 3.85. The molecule has 2 rings (SSSR count). The minimum Gasteiger partial charge on any atom is -0.477 e. The molecule has 5 nitrogen and oxygen atoms in total. The number of hydrogen-bond acceptors (Lipinski definition) is 4. The van der Waals surface area contributed by atoms with E-state index in [9.17, 15) is 4.79 Å². The predicted octanol–water partition coefficient (Wildman–Crippen LogP) is 3.09. The Hall–Kier alpha value is -2.45. The van der Waals surface area contributed by atoms with Crippen LogP contribution in [0.4, 0.5) is 5.69 Å². The Balaban J connectivity index is 2.17. The van der Waals surface area contributed by atoms with E-state index in [0.717, 1.165) is 0 Å². The highest BCUT2D eigenvalue weighted by Gasteiger charge is 2.14. The van der Waals surface area contributed by atoms with Gasteiger partial charge in [0, 0.05) is 0 Å². The molecule has 0 radical (unpaired) electrons. The first kappa shape index (κ1) is 13.0. The van der Waals surface area contributed by atoms with Gasteiger partial charge in [0.15, 0.2) is 6.61 Å². The molecule has 0 unspecified atom stereocenters. The van der Waals surface area contributed by atoms with E-state index in [1.54, 1.807) is 24.3 Å². The van der Waals surface area contributed by atoms with Crippen molar-refractivity contribution in [2.24, 2.45) is 0 Å². The third-order valence-electron chi connectivity index (χ3n) is 2.29. The Morgan fingerprint density at radius 1 is 1.42 bits per heavy atom. The molecule has 2 aromatic rings. The van der Waals surface area contributed by atoms with Crippen LogP contribution >= 0.6 is 11.6 Å². The summed E-state index contributed by atoms with van der Waals surface area (Å²) in [7, 11) is 0. The number of carbonyl (C=O) groups is 1. The van der Waals surface area contributed by atoms with Crippen LogP contribution in [-0.2, 0) is 0 Å². The van der Waals surface area contributed by atoms with Gasteiger partial charge in [-0.1, -0.05) is 12.1 Å². The highest BCUT2D eigenvalue weighted by Crippen LogP contribution is 2.25. The third-order valence-corrected chi connectivity index (χ3v) is 2.58. The summed E-state index contributed by atoms with van der Waals surface area (Å²) < 4.78 is 10.1. The monoisotopic (exact) mass is 276 g/mol. The quantitative estimate of drug-likeness (QED) is 0.931. The number of benzene rings is 1. The number of amides is 1. The van der Waals surface area contributed by atoms with Crippen LogP contribution in [0.15, 0.2) is 41.0 Å². The second-order valence-electron chi connectivity index (χ2n) is 3.51. The zero-order valence-electron chi connectivity index (χ0n) is 9.72. The van der Waals surface area contributed by atoms with Crippen molar-refractivity contribution in [3.63, 3.8) is 0 Å². The van der Waals surface area contributed by atoms with Crippen LogP contribution in [0.1, 0.15) is 10.4 Å². The first-order chi connectivity index (χ1) is 9.22. The second kappa shape index (κ2) is 5.94. The van der Waals surface area contributed by atoms with E-state index in [-0.39, 0.29) is 17.4 Å². The number of nitrogens with one attached hydrogen (secondary N) is 1. The summed E-state index contributed by atoms with van der Waals surface area (Å²) >= 11 is 5.72. The molecule has 0 saturated heterocycles. The summed E-state index contributed by atoms with van der Waals surface area (Å²) in [6.07, 6.45) is 1.33. The lowest BCUT2D eigenvalue weighted by molar-refractivity contribution is 0.102.